The quantitative estimate of drug-likeness (QED) is 0.354. The van der Waals surface area contributed by atoms with Crippen LogP contribution in [0.25, 0.3) is 0 Å². The van der Waals surface area contributed by atoms with Crippen molar-refractivity contribution in [2.75, 3.05) is 13.7 Å². The molecule has 58 valence electrons. The summed E-state index contributed by atoms with van der Waals surface area (Å²) in [5.74, 6) is 0. The molecule has 5 heteroatoms. The second-order valence-corrected chi connectivity index (χ2v) is 1.29. The fourth-order valence-electron chi connectivity index (χ4n) is 0.237. The van der Waals surface area contributed by atoms with E-state index in [2.05, 4.69) is 20.0 Å². The molecule has 0 bridgehead atoms. The molecule has 1 amide bonds. The van der Waals surface area contributed by atoms with Crippen LogP contribution in [0.4, 0.5) is 4.79 Å². The number of carbonyl (C=O) groups excluding carboxylic acids is 1. The van der Waals surface area contributed by atoms with Gasteiger partial charge in [0, 0.05) is 0 Å². The summed E-state index contributed by atoms with van der Waals surface area (Å²) in [6, 6.07) is 0. The Bertz CT molecular complexity index is 124. The summed E-state index contributed by atoms with van der Waals surface area (Å²) in [4.78, 5) is 10.3. The van der Waals surface area contributed by atoms with Gasteiger partial charge in [-0.2, -0.15) is 0 Å². The maximum absolute atomic E-state index is 10.3. The van der Waals surface area contributed by atoms with Gasteiger partial charge in [-0.1, -0.05) is 0 Å². The number of carbonyl (C=O) groups is 1. The van der Waals surface area contributed by atoms with Crippen LogP contribution in [-0.2, 0) is 9.47 Å². The van der Waals surface area contributed by atoms with Gasteiger partial charge in [-0.05, 0) is 6.92 Å². The third-order valence-corrected chi connectivity index (χ3v) is 0.635. The number of hydrogen-bond acceptors (Lipinski definition) is 4. The number of amides is 1. The Hall–Kier alpha value is -1.26. The van der Waals surface area contributed by atoms with Crippen LogP contribution in [0.2, 0.25) is 0 Å². The predicted molar refractivity (Wildman–Crippen MR) is 35.7 cm³/mol. The van der Waals surface area contributed by atoms with Crippen LogP contribution in [0, 0.1) is 0 Å². The lowest BCUT2D eigenvalue weighted by molar-refractivity contribution is 0.171. The second kappa shape index (κ2) is 5.87. The standard InChI is InChI=1S/C5H10N2O3/c1-3-10-4-6-7-5(8)9-2/h4H,3H2,1-2H3,(H,7,8). The van der Waals surface area contributed by atoms with Crippen LogP contribution in [-0.4, -0.2) is 26.2 Å². The normalized spacial score (nSPS) is 9.40. The Morgan fingerprint density at radius 3 is 3.00 bits per heavy atom. The highest BCUT2D eigenvalue weighted by Gasteiger charge is 1.90. The monoisotopic (exact) mass is 146 g/mol. The van der Waals surface area contributed by atoms with Gasteiger partial charge < -0.3 is 9.47 Å². The lowest BCUT2D eigenvalue weighted by Gasteiger charge is -1.94. The third-order valence-electron chi connectivity index (χ3n) is 0.635. The van der Waals surface area contributed by atoms with E-state index in [9.17, 15) is 4.79 Å². The van der Waals surface area contributed by atoms with Crippen LogP contribution in [0.15, 0.2) is 5.10 Å². The molecule has 0 aromatic rings. The molecule has 0 radical (unpaired) electrons. The molecule has 0 heterocycles. The van der Waals surface area contributed by atoms with Gasteiger partial charge in [-0.3, -0.25) is 0 Å². The van der Waals surface area contributed by atoms with Crippen LogP contribution >= 0.6 is 0 Å². The Morgan fingerprint density at radius 1 is 1.80 bits per heavy atom. The van der Waals surface area contributed by atoms with E-state index in [1.54, 1.807) is 0 Å². The zero-order valence-corrected chi connectivity index (χ0v) is 5.96. The molecule has 0 aromatic heterocycles. The molecule has 0 rings (SSSR count). The zero-order valence-electron chi connectivity index (χ0n) is 5.96. The molecule has 0 fully saturated rings. The smallest absolute Gasteiger partial charge is 0.427 e. The molecule has 1 N–H and O–H groups in total. The van der Waals surface area contributed by atoms with Gasteiger partial charge in [0.15, 0.2) is 6.40 Å². The molecule has 0 aromatic carbocycles. The van der Waals surface area contributed by atoms with Crippen molar-refractivity contribution in [3.63, 3.8) is 0 Å². The summed E-state index contributed by atoms with van der Waals surface area (Å²) in [5.41, 5.74) is 2.05. The number of nitrogens with one attached hydrogen (secondary N) is 1. The van der Waals surface area contributed by atoms with Crippen LogP contribution in [0.3, 0.4) is 0 Å². The van der Waals surface area contributed by atoms with Gasteiger partial charge in [-0.25, -0.2) is 10.2 Å². The highest BCUT2D eigenvalue weighted by atomic mass is 16.5. The SMILES string of the molecule is CCOC=NNC(=O)OC. The van der Waals surface area contributed by atoms with Gasteiger partial charge in [-0.15, -0.1) is 5.10 Å². The average molecular weight is 146 g/mol. The first-order valence-corrected chi connectivity index (χ1v) is 2.78. The van der Waals surface area contributed by atoms with Crippen LogP contribution < -0.4 is 5.43 Å². The minimum Gasteiger partial charge on any atom is -0.482 e. The molecule has 0 unspecified atom stereocenters. The van der Waals surface area contributed by atoms with Crippen molar-refractivity contribution in [1.29, 1.82) is 0 Å². The fourth-order valence-corrected chi connectivity index (χ4v) is 0.237. The molecular weight excluding hydrogens is 136 g/mol. The fraction of sp³-hybridized carbons (Fsp3) is 0.600. The van der Waals surface area contributed by atoms with Gasteiger partial charge in [0.05, 0.1) is 13.7 Å². The summed E-state index contributed by atoms with van der Waals surface area (Å²) < 4.78 is 8.88. The van der Waals surface area contributed by atoms with Crippen molar-refractivity contribution in [2.45, 2.75) is 6.92 Å². The molecule has 0 saturated heterocycles. The lowest BCUT2D eigenvalue weighted by Crippen LogP contribution is -2.16. The summed E-state index contributed by atoms with van der Waals surface area (Å²) in [5, 5.41) is 3.36. The largest absolute Gasteiger partial charge is 0.482 e. The minimum atomic E-state index is -0.615. The summed E-state index contributed by atoms with van der Waals surface area (Å²) in [6.45, 7) is 2.33. The minimum absolute atomic E-state index is 0.520. The molecule has 0 spiro atoms. The number of hydrazone groups is 1. The van der Waals surface area contributed by atoms with Crippen LogP contribution in [0.5, 0.6) is 0 Å². The number of ether oxygens (including phenoxy) is 2. The number of methoxy groups -OCH3 is 1. The molecular formula is C5H10N2O3. The zero-order chi connectivity index (χ0) is 7.82. The molecule has 5 nitrogen and oxygen atoms in total. The van der Waals surface area contributed by atoms with E-state index < -0.39 is 6.09 Å². The van der Waals surface area contributed by atoms with Crippen LogP contribution in [0.1, 0.15) is 6.92 Å². The first-order chi connectivity index (χ1) is 4.81. The van der Waals surface area contributed by atoms with Gasteiger partial charge >= 0.3 is 6.09 Å². The lowest BCUT2D eigenvalue weighted by atomic mass is 10.9. The Labute approximate surface area is 59.0 Å². The van der Waals surface area contributed by atoms with Crippen molar-refractivity contribution in [1.82, 2.24) is 5.43 Å². The first kappa shape index (κ1) is 8.74. The Balaban J connectivity index is 3.25. The number of nitrogens with zero attached hydrogens (tertiary/aromatic N) is 1. The van der Waals surface area contributed by atoms with Crippen molar-refractivity contribution in [3.05, 3.63) is 0 Å². The number of hydrogen-bond donors (Lipinski definition) is 1. The van der Waals surface area contributed by atoms with E-state index in [-0.39, 0.29) is 0 Å². The van der Waals surface area contributed by atoms with Gasteiger partial charge in [0.2, 0.25) is 0 Å². The maximum Gasteiger partial charge on any atom is 0.427 e. The second-order valence-electron chi connectivity index (χ2n) is 1.29. The van der Waals surface area contributed by atoms with Crippen molar-refractivity contribution < 1.29 is 14.3 Å². The third kappa shape index (κ3) is 4.89. The summed E-state index contributed by atoms with van der Waals surface area (Å²) in [7, 11) is 1.26. The van der Waals surface area contributed by atoms with Gasteiger partial charge in [0.25, 0.3) is 0 Å². The van der Waals surface area contributed by atoms with E-state index in [4.69, 9.17) is 0 Å². The van der Waals surface area contributed by atoms with Crippen molar-refractivity contribution in [2.24, 2.45) is 5.10 Å². The van der Waals surface area contributed by atoms with E-state index in [0.29, 0.717) is 6.61 Å². The average Bonchev–Trinajstić information content (AvgIpc) is 1.98. The molecule has 0 aliphatic carbocycles. The van der Waals surface area contributed by atoms with E-state index in [1.807, 2.05) is 6.92 Å². The molecule has 0 atom stereocenters. The van der Waals surface area contributed by atoms with Gasteiger partial charge in [0.1, 0.15) is 0 Å². The summed E-state index contributed by atoms with van der Waals surface area (Å²) in [6.07, 6.45) is 0.521. The van der Waals surface area contributed by atoms with Crippen molar-refractivity contribution in [3.8, 4) is 0 Å². The first-order valence-electron chi connectivity index (χ1n) is 2.78. The molecule has 0 aliphatic heterocycles. The Kier molecular flexibility index (Phi) is 5.13. The van der Waals surface area contributed by atoms with Crippen molar-refractivity contribution >= 4 is 12.5 Å². The molecule has 0 saturated carbocycles. The Morgan fingerprint density at radius 2 is 2.50 bits per heavy atom. The molecule has 10 heavy (non-hydrogen) atoms. The van der Waals surface area contributed by atoms with E-state index in [1.165, 1.54) is 7.11 Å². The number of rotatable bonds is 3. The van der Waals surface area contributed by atoms with E-state index in [0.717, 1.165) is 6.40 Å². The van der Waals surface area contributed by atoms with E-state index >= 15 is 0 Å². The topological polar surface area (TPSA) is 59.9 Å². The maximum atomic E-state index is 10.3. The highest BCUT2D eigenvalue weighted by molar-refractivity contribution is 5.67. The molecule has 0 aliphatic rings. The highest BCUT2D eigenvalue weighted by Crippen LogP contribution is 1.69. The predicted octanol–water partition coefficient (Wildman–Crippen LogP) is 0.322. The summed E-state index contributed by atoms with van der Waals surface area (Å²) >= 11 is 0.